The number of ether oxygens (including phenoxy) is 1. The van der Waals surface area contributed by atoms with Crippen LogP contribution in [0, 0.1) is 5.82 Å². The van der Waals surface area contributed by atoms with E-state index in [4.69, 9.17) is 9.72 Å². The first-order valence-electron chi connectivity index (χ1n) is 14.2. The summed E-state index contributed by atoms with van der Waals surface area (Å²) in [7, 11) is 1.76. The number of methoxy groups -OCH3 is 1. The van der Waals surface area contributed by atoms with E-state index in [0.717, 1.165) is 80.4 Å². The predicted molar refractivity (Wildman–Crippen MR) is 165 cm³/mol. The summed E-state index contributed by atoms with van der Waals surface area (Å²) in [5.41, 5.74) is 7.09. The zero-order chi connectivity index (χ0) is 27.3. The molecule has 0 bridgehead atoms. The summed E-state index contributed by atoms with van der Waals surface area (Å²) in [5, 5.41) is 3.43. The van der Waals surface area contributed by atoms with Gasteiger partial charge in [0.05, 0.1) is 12.3 Å². The minimum atomic E-state index is -0.172. The lowest BCUT2D eigenvalue weighted by Crippen LogP contribution is -2.47. The van der Waals surface area contributed by atoms with Gasteiger partial charge in [0.2, 0.25) is 5.95 Å². The fourth-order valence-corrected chi connectivity index (χ4v) is 5.91. The minimum Gasteiger partial charge on any atom is -0.383 e. The molecule has 41 heavy (non-hydrogen) atoms. The van der Waals surface area contributed by atoms with Crippen LogP contribution in [-0.4, -0.2) is 72.8 Å². The number of aromatic nitrogens is 2. The first-order chi connectivity index (χ1) is 19.7. The standard InChI is InChI=1S/C33H36FN5O.ClH/c1-40-20-19-39-17-15-38(16-18-39)14-13-24-7-6-8-26(21-24)36-33-35-23-25-22-30(28-10-4-5-12-31(28)34)27-9-2-3-11-29(27)32(25)37-33;/h2-12,21,23,30H,13-20,22H2,1H3,(H,35,36,37);1H/t30-;/m1./s1. The molecule has 2 aliphatic rings. The molecule has 1 saturated heterocycles. The molecule has 1 fully saturated rings. The summed E-state index contributed by atoms with van der Waals surface area (Å²) in [6.07, 6.45) is 3.57. The van der Waals surface area contributed by atoms with Gasteiger partial charge in [-0.05, 0) is 53.3 Å². The number of nitrogens with one attached hydrogen (secondary N) is 1. The van der Waals surface area contributed by atoms with E-state index in [1.54, 1.807) is 13.2 Å². The number of hydrogen-bond donors (Lipinski definition) is 1. The van der Waals surface area contributed by atoms with Crippen molar-refractivity contribution in [1.82, 2.24) is 19.8 Å². The topological polar surface area (TPSA) is 53.5 Å². The minimum absolute atomic E-state index is 0. The maximum absolute atomic E-state index is 14.8. The van der Waals surface area contributed by atoms with Crippen LogP contribution in [0.15, 0.2) is 79.0 Å². The highest BCUT2D eigenvalue weighted by Gasteiger charge is 2.29. The van der Waals surface area contributed by atoms with Crippen molar-refractivity contribution in [1.29, 1.82) is 0 Å². The van der Waals surface area contributed by atoms with E-state index >= 15 is 0 Å². The van der Waals surface area contributed by atoms with Gasteiger partial charge in [-0.2, -0.15) is 0 Å². The van der Waals surface area contributed by atoms with Crippen LogP contribution in [0.5, 0.6) is 0 Å². The lowest BCUT2D eigenvalue weighted by molar-refractivity contribution is 0.0976. The average molecular weight is 574 g/mol. The van der Waals surface area contributed by atoms with Gasteiger partial charge in [0.25, 0.3) is 0 Å². The fourth-order valence-electron chi connectivity index (χ4n) is 5.91. The lowest BCUT2D eigenvalue weighted by atomic mass is 9.78. The maximum atomic E-state index is 14.8. The normalized spacial score (nSPS) is 16.9. The van der Waals surface area contributed by atoms with Gasteiger partial charge in [-0.3, -0.25) is 4.90 Å². The molecule has 1 aliphatic carbocycles. The number of piperazine rings is 1. The van der Waals surface area contributed by atoms with Gasteiger partial charge in [-0.15, -0.1) is 12.4 Å². The van der Waals surface area contributed by atoms with Crippen molar-refractivity contribution in [3.8, 4) is 11.3 Å². The third kappa shape index (κ3) is 6.76. The third-order valence-electron chi connectivity index (χ3n) is 8.14. The van der Waals surface area contributed by atoms with Crippen molar-refractivity contribution in [3.05, 3.63) is 107 Å². The molecule has 0 spiro atoms. The quantitative estimate of drug-likeness (QED) is 0.267. The molecule has 4 aromatic rings. The fraction of sp³-hybridized carbons (Fsp3) is 0.333. The van der Waals surface area contributed by atoms with Crippen molar-refractivity contribution in [2.45, 2.75) is 18.8 Å². The number of benzene rings is 3. The number of nitrogens with zero attached hydrogens (tertiary/aromatic N) is 4. The Morgan fingerprint density at radius 1 is 0.902 bits per heavy atom. The second kappa shape index (κ2) is 13.5. The van der Waals surface area contributed by atoms with Crippen molar-refractivity contribution in [2.24, 2.45) is 0 Å². The summed E-state index contributed by atoms with van der Waals surface area (Å²) < 4.78 is 20.0. The highest BCUT2D eigenvalue weighted by atomic mass is 35.5. The van der Waals surface area contributed by atoms with Crippen LogP contribution in [0.4, 0.5) is 16.0 Å². The number of fused-ring (bicyclic) bond motifs is 3. The molecule has 6 nitrogen and oxygen atoms in total. The van der Waals surface area contributed by atoms with E-state index in [-0.39, 0.29) is 24.1 Å². The van der Waals surface area contributed by atoms with Crippen molar-refractivity contribution in [3.63, 3.8) is 0 Å². The summed E-state index contributed by atoms with van der Waals surface area (Å²) in [6.45, 7) is 7.27. The van der Waals surface area contributed by atoms with Gasteiger partial charge in [-0.1, -0.05) is 54.6 Å². The SMILES string of the molecule is COCCN1CCN(CCc2cccc(Nc3ncc4c(n3)-c3ccccc3[C@H](c3ccccc3F)C4)c2)CC1.Cl. The van der Waals surface area contributed by atoms with Crippen molar-refractivity contribution >= 4 is 24.0 Å². The predicted octanol–water partition coefficient (Wildman–Crippen LogP) is 5.94. The molecular weight excluding hydrogens is 537 g/mol. The molecule has 1 atom stereocenters. The Kier molecular flexibility index (Phi) is 9.62. The molecule has 8 heteroatoms. The van der Waals surface area contributed by atoms with Gasteiger partial charge in [0, 0.05) is 69.7 Å². The molecule has 0 radical (unpaired) electrons. The van der Waals surface area contributed by atoms with Crippen LogP contribution in [0.25, 0.3) is 11.3 Å². The van der Waals surface area contributed by atoms with Crippen LogP contribution in [0.3, 0.4) is 0 Å². The van der Waals surface area contributed by atoms with Gasteiger partial charge in [0.1, 0.15) is 5.82 Å². The van der Waals surface area contributed by atoms with Gasteiger partial charge in [-0.25, -0.2) is 14.4 Å². The Labute approximate surface area is 248 Å². The number of anilines is 2. The highest BCUT2D eigenvalue weighted by molar-refractivity contribution is 5.85. The molecule has 2 heterocycles. The van der Waals surface area contributed by atoms with Crippen LogP contribution in [0.1, 0.15) is 28.2 Å². The molecule has 214 valence electrons. The number of halogens is 2. The van der Waals surface area contributed by atoms with Crippen LogP contribution in [0.2, 0.25) is 0 Å². The van der Waals surface area contributed by atoms with Crippen molar-refractivity contribution < 1.29 is 9.13 Å². The Hall–Kier alpha value is -3.36. The van der Waals surface area contributed by atoms with E-state index in [9.17, 15) is 4.39 Å². The Morgan fingerprint density at radius 2 is 1.63 bits per heavy atom. The molecule has 1 N–H and O–H groups in total. The second-order valence-corrected chi connectivity index (χ2v) is 10.7. The number of rotatable bonds is 9. The molecule has 0 amide bonds. The summed E-state index contributed by atoms with van der Waals surface area (Å²) in [6, 6.07) is 23.8. The lowest BCUT2D eigenvalue weighted by Gasteiger charge is -2.34. The van der Waals surface area contributed by atoms with Crippen molar-refractivity contribution in [2.75, 3.05) is 58.3 Å². The highest BCUT2D eigenvalue weighted by Crippen LogP contribution is 2.42. The molecule has 0 saturated carbocycles. The van der Waals surface area contributed by atoms with E-state index in [1.807, 2.05) is 30.5 Å². The molecule has 1 aromatic heterocycles. The molecule has 1 aliphatic heterocycles. The largest absolute Gasteiger partial charge is 0.383 e. The maximum Gasteiger partial charge on any atom is 0.227 e. The van der Waals surface area contributed by atoms with E-state index < -0.39 is 0 Å². The van der Waals surface area contributed by atoms with Gasteiger partial charge >= 0.3 is 0 Å². The summed E-state index contributed by atoms with van der Waals surface area (Å²) >= 11 is 0. The van der Waals surface area contributed by atoms with Crippen LogP contribution < -0.4 is 5.32 Å². The zero-order valence-electron chi connectivity index (χ0n) is 23.4. The van der Waals surface area contributed by atoms with Gasteiger partial charge < -0.3 is 15.0 Å². The van der Waals surface area contributed by atoms with Gasteiger partial charge in [0.15, 0.2) is 0 Å². The first kappa shape index (κ1) is 29.1. The van der Waals surface area contributed by atoms with Crippen LogP contribution in [-0.2, 0) is 17.6 Å². The van der Waals surface area contributed by atoms with E-state index in [1.165, 1.54) is 11.6 Å². The molecule has 3 aromatic carbocycles. The molecule has 6 rings (SSSR count). The van der Waals surface area contributed by atoms with Crippen LogP contribution >= 0.6 is 12.4 Å². The average Bonchev–Trinajstić information content (AvgIpc) is 3.00. The van der Waals surface area contributed by atoms with E-state index in [0.29, 0.717) is 17.9 Å². The summed E-state index contributed by atoms with van der Waals surface area (Å²) in [5.74, 6) is 0.341. The Bertz CT molecular complexity index is 1460. The summed E-state index contributed by atoms with van der Waals surface area (Å²) in [4.78, 5) is 14.6. The monoisotopic (exact) mass is 573 g/mol. The Balaban J connectivity index is 0.00000337. The molecular formula is C33H37ClFN5O. The third-order valence-corrected chi connectivity index (χ3v) is 8.14. The first-order valence-corrected chi connectivity index (χ1v) is 14.2. The Morgan fingerprint density at radius 3 is 2.41 bits per heavy atom. The van der Waals surface area contributed by atoms with E-state index in [2.05, 4.69) is 56.5 Å². The zero-order valence-corrected chi connectivity index (χ0v) is 24.2. The smallest absolute Gasteiger partial charge is 0.227 e. The number of hydrogen-bond acceptors (Lipinski definition) is 6. The second-order valence-electron chi connectivity index (χ2n) is 10.7. The molecule has 0 unspecified atom stereocenters.